The van der Waals surface area contributed by atoms with Crippen molar-refractivity contribution in [2.24, 2.45) is 5.92 Å². The summed E-state index contributed by atoms with van der Waals surface area (Å²) in [6, 6.07) is 0. The topological polar surface area (TPSA) is 12.5 Å². The van der Waals surface area contributed by atoms with Crippen LogP contribution in [0.4, 0.5) is 0 Å². The van der Waals surface area contributed by atoms with Gasteiger partial charge < -0.3 is 4.74 Å². The molecule has 0 bridgehead atoms. The van der Waals surface area contributed by atoms with Crippen LogP contribution in [-0.4, -0.2) is 42.5 Å². The van der Waals surface area contributed by atoms with Gasteiger partial charge in [-0.25, -0.2) is 0 Å². The number of hydrogen-bond donors (Lipinski definition) is 1. The molecule has 1 fully saturated rings. The van der Waals surface area contributed by atoms with E-state index in [2.05, 4.69) is 38.3 Å². The van der Waals surface area contributed by atoms with Crippen molar-refractivity contribution in [2.75, 3.05) is 25.4 Å². The summed E-state index contributed by atoms with van der Waals surface area (Å²) in [6.45, 7) is 10.1. The second-order valence-electron chi connectivity index (χ2n) is 4.92. The van der Waals surface area contributed by atoms with E-state index in [1.54, 1.807) is 0 Å². The summed E-state index contributed by atoms with van der Waals surface area (Å²) in [5, 5.41) is 0. The highest BCUT2D eigenvalue weighted by molar-refractivity contribution is 7.80. The van der Waals surface area contributed by atoms with E-state index in [9.17, 15) is 0 Å². The molecule has 0 radical (unpaired) electrons. The van der Waals surface area contributed by atoms with Crippen LogP contribution >= 0.6 is 12.6 Å². The van der Waals surface area contributed by atoms with Crippen molar-refractivity contribution in [1.29, 1.82) is 0 Å². The van der Waals surface area contributed by atoms with Crippen LogP contribution in [0.25, 0.3) is 0 Å². The van der Waals surface area contributed by atoms with Crippen molar-refractivity contribution < 1.29 is 4.74 Å². The van der Waals surface area contributed by atoms with Crippen LogP contribution in [-0.2, 0) is 4.74 Å². The average molecular weight is 231 g/mol. The molecule has 15 heavy (non-hydrogen) atoms. The highest BCUT2D eigenvalue weighted by Gasteiger charge is 2.21. The molecule has 3 atom stereocenters. The van der Waals surface area contributed by atoms with Crippen molar-refractivity contribution in [3.63, 3.8) is 0 Å². The maximum absolute atomic E-state index is 5.72. The van der Waals surface area contributed by atoms with Gasteiger partial charge >= 0.3 is 0 Å². The molecule has 0 spiro atoms. The number of thiol groups is 1. The molecule has 1 heterocycles. The number of ether oxygens (including phenoxy) is 1. The SMILES string of the molecule is CC(CCS)CCN1C[C@@H](C)O[C@@H](C)C1. The first-order valence-corrected chi connectivity index (χ1v) is 6.73. The second kappa shape index (κ2) is 6.77. The predicted octanol–water partition coefficient (Wildman–Crippen LogP) is 2.44. The highest BCUT2D eigenvalue weighted by atomic mass is 32.1. The van der Waals surface area contributed by atoms with Gasteiger partial charge in [-0.15, -0.1) is 0 Å². The Hall–Kier alpha value is 0.270. The molecular formula is C12H25NOS. The van der Waals surface area contributed by atoms with Gasteiger partial charge in [0.1, 0.15) is 0 Å². The standard InChI is InChI=1S/C12H25NOS/c1-10(5-7-15)4-6-13-8-11(2)14-12(3)9-13/h10-12,15H,4-9H2,1-3H3/t10?,11-,12+. The first-order valence-electron chi connectivity index (χ1n) is 6.10. The van der Waals surface area contributed by atoms with E-state index >= 15 is 0 Å². The lowest BCUT2D eigenvalue weighted by Crippen LogP contribution is -2.45. The number of morpholine rings is 1. The van der Waals surface area contributed by atoms with E-state index in [4.69, 9.17) is 4.74 Å². The lowest BCUT2D eigenvalue weighted by molar-refractivity contribution is -0.0688. The van der Waals surface area contributed by atoms with Crippen LogP contribution in [0, 0.1) is 5.92 Å². The zero-order valence-corrected chi connectivity index (χ0v) is 11.2. The highest BCUT2D eigenvalue weighted by Crippen LogP contribution is 2.14. The largest absolute Gasteiger partial charge is 0.373 e. The molecule has 1 saturated heterocycles. The van der Waals surface area contributed by atoms with Gasteiger partial charge in [0.2, 0.25) is 0 Å². The maximum atomic E-state index is 5.72. The summed E-state index contributed by atoms with van der Waals surface area (Å²) < 4.78 is 5.72. The zero-order valence-electron chi connectivity index (χ0n) is 10.3. The van der Waals surface area contributed by atoms with Crippen molar-refractivity contribution in [1.82, 2.24) is 4.90 Å². The van der Waals surface area contributed by atoms with Crippen molar-refractivity contribution >= 4 is 12.6 Å². The minimum atomic E-state index is 0.397. The molecule has 0 aromatic carbocycles. The molecule has 0 aliphatic carbocycles. The molecule has 0 aromatic heterocycles. The first kappa shape index (κ1) is 13.3. The van der Waals surface area contributed by atoms with Gasteiger partial charge in [-0.1, -0.05) is 6.92 Å². The molecule has 2 nitrogen and oxygen atoms in total. The third kappa shape index (κ3) is 5.23. The number of hydrogen-bond acceptors (Lipinski definition) is 3. The van der Waals surface area contributed by atoms with Crippen molar-refractivity contribution in [2.45, 2.75) is 45.8 Å². The van der Waals surface area contributed by atoms with Crippen molar-refractivity contribution in [3.05, 3.63) is 0 Å². The van der Waals surface area contributed by atoms with Crippen LogP contribution in [0.15, 0.2) is 0 Å². The van der Waals surface area contributed by atoms with Crippen LogP contribution in [0.5, 0.6) is 0 Å². The smallest absolute Gasteiger partial charge is 0.0678 e. The van der Waals surface area contributed by atoms with Gasteiger partial charge in [0, 0.05) is 13.1 Å². The van der Waals surface area contributed by atoms with Gasteiger partial charge in [0.15, 0.2) is 0 Å². The second-order valence-corrected chi connectivity index (χ2v) is 5.37. The minimum Gasteiger partial charge on any atom is -0.373 e. The molecule has 0 amide bonds. The molecule has 90 valence electrons. The molecule has 1 rings (SSSR count). The minimum absolute atomic E-state index is 0.397. The van der Waals surface area contributed by atoms with Crippen LogP contribution < -0.4 is 0 Å². The molecule has 1 aliphatic heterocycles. The van der Waals surface area contributed by atoms with Gasteiger partial charge in [0.05, 0.1) is 12.2 Å². The van der Waals surface area contributed by atoms with E-state index in [-0.39, 0.29) is 0 Å². The quantitative estimate of drug-likeness (QED) is 0.730. The van der Waals surface area contributed by atoms with Gasteiger partial charge in [-0.05, 0) is 44.9 Å². The zero-order chi connectivity index (χ0) is 11.3. The van der Waals surface area contributed by atoms with Gasteiger partial charge in [-0.2, -0.15) is 12.6 Å². The van der Waals surface area contributed by atoms with E-state index in [0.717, 1.165) is 24.8 Å². The molecular weight excluding hydrogens is 206 g/mol. The lowest BCUT2D eigenvalue weighted by Gasteiger charge is -2.35. The molecule has 1 unspecified atom stereocenters. The Labute approximate surface area is 99.8 Å². The summed E-state index contributed by atoms with van der Waals surface area (Å²) in [5.74, 6) is 1.81. The molecule has 0 saturated carbocycles. The normalized spacial score (nSPS) is 30.4. The Morgan fingerprint density at radius 3 is 2.40 bits per heavy atom. The summed E-state index contributed by atoms with van der Waals surface area (Å²) in [7, 11) is 0. The average Bonchev–Trinajstić information content (AvgIpc) is 2.14. The summed E-state index contributed by atoms with van der Waals surface area (Å²) >= 11 is 4.27. The van der Waals surface area contributed by atoms with E-state index in [1.807, 2.05) is 0 Å². The Morgan fingerprint density at radius 1 is 1.27 bits per heavy atom. The predicted molar refractivity (Wildman–Crippen MR) is 68.7 cm³/mol. The maximum Gasteiger partial charge on any atom is 0.0678 e. The third-order valence-electron chi connectivity index (χ3n) is 3.06. The lowest BCUT2D eigenvalue weighted by atomic mass is 10.0. The summed E-state index contributed by atoms with van der Waals surface area (Å²) in [5.41, 5.74) is 0. The fourth-order valence-corrected chi connectivity index (χ4v) is 2.68. The fourth-order valence-electron chi connectivity index (χ4n) is 2.23. The third-order valence-corrected chi connectivity index (χ3v) is 3.31. The van der Waals surface area contributed by atoms with Crippen LogP contribution in [0.2, 0.25) is 0 Å². The van der Waals surface area contributed by atoms with E-state index in [0.29, 0.717) is 12.2 Å². The van der Waals surface area contributed by atoms with E-state index in [1.165, 1.54) is 19.4 Å². The summed E-state index contributed by atoms with van der Waals surface area (Å²) in [4.78, 5) is 2.54. The monoisotopic (exact) mass is 231 g/mol. The number of rotatable bonds is 5. The van der Waals surface area contributed by atoms with Crippen molar-refractivity contribution in [3.8, 4) is 0 Å². The van der Waals surface area contributed by atoms with Crippen LogP contribution in [0.1, 0.15) is 33.6 Å². The molecule has 0 N–H and O–H groups in total. The molecule has 0 aromatic rings. The van der Waals surface area contributed by atoms with E-state index < -0.39 is 0 Å². The Bertz CT molecular complexity index is 167. The Kier molecular flexibility index (Phi) is 6.02. The Morgan fingerprint density at radius 2 is 1.87 bits per heavy atom. The van der Waals surface area contributed by atoms with Gasteiger partial charge in [0.25, 0.3) is 0 Å². The number of nitrogens with zero attached hydrogens (tertiary/aromatic N) is 1. The Balaban J connectivity index is 2.20. The molecule has 3 heteroatoms. The fraction of sp³-hybridized carbons (Fsp3) is 1.00. The summed E-state index contributed by atoms with van der Waals surface area (Å²) in [6.07, 6.45) is 3.32. The first-order chi connectivity index (χ1) is 7.11. The van der Waals surface area contributed by atoms with Crippen LogP contribution in [0.3, 0.4) is 0 Å². The van der Waals surface area contributed by atoms with Gasteiger partial charge in [-0.3, -0.25) is 4.90 Å². The molecule has 1 aliphatic rings.